The second-order valence-corrected chi connectivity index (χ2v) is 14.1. The van der Waals surface area contributed by atoms with Gasteiger partial charge in [0.15, 0.2) is 11.5 Å². The number of aromatic amines is 1. The fourth-order valence-corrected chi connectivity index (χ4v) is 6.58. The minimum Gasteiger partial charge on any atom is -0.503 e. The maximum atomic E-state index is 13.0. The Morgan fingerprint density at radius 3 is 2.06 bits per heavy atom. The summed E-state index contributed by atoms with van der Waals surface area (Å²) in [6.07, 6.45) is 1.92. The first-order valence-corrected chi connectivity index (χ1v) is 20.2. The molecule has 1 N–H and O–H groups in total. The number of H-pyrrole nitrogens is 1. The second kappa shape index (κ2) is 23.4. The lowest BCUT2D eigenvalue weighted by Gasteiger charge is -2.30. The van der Waals surface area contributed by atoms with Gasteiger partial charge in [-0.05, 0) is 56.2 Å². The highest BCUT2D eigenvalue weighted by atomic mass is 19.3. The maximum Gasteiger partial charge on any atom is 0.586 e. The number of carbonyl (C=O) groups is 3. The zero-order chi connectivity index (χ0) is 49.4. The molecular formula is C49H44F2N6O11. The smallest absolute Gasteiger partial charge is 0.503 e. The molecule has 0 saturated carbocycles. The van der Waals surface area contributed by atoms with Crippen LogP contribution in [0.2, 0.25) is 0 Å². The third-order valence-corrected chi connectivity index (χ3v) is 9.60. The molecule has 350 valence electrons. The van der Waals surface area contributed by atoms with Crippen LogP contribution in [0.25, 0.3) is 16.7 Å². The number of rotatable bonds is 13. The number of nitrogens with zero attached hydrogens (tertiary/aromatic N) is 5. The number of aryl methyl sites for hydroxylation is 2. The van der Waals surface area contributed by atoms with Crippen molar-refractivity contribution in [2.24, 2.45) is 0 Å². The van der Waals surface area contributed by atoms with Gasteiger partial charge < -0.3 is 42.9 Å². The molecule has 1 unspecified atom stereocenters. The fraction of sp³-hybridized carbons (Fsp3) is 0.204. The van der Waals surface area contributed by atoms with E-state index >= 15 is 0 Å². The number of alkyl halides is 2. The van der Waals surface area contributed by atoms with Crippen LogP contribution in [-0.2, 0) is 33.3 Å². The average molecular weight is 931 g/mol. The lowest BCUT2D eigenvalue weighted by molar-refractivity contribution is -0.286. The molecule has 19 heteroatoms. The molecule has 17 nitrogen and oxygen atoms in total. The van der Waals surface area contributed by atoms with Gasteiger partial charge in [0.25, 0.3) is 5.91 Å². The zero-order valence-electron chi connectivity index (χ0n) is 37.7. The number of nitriles is 2. The van der Waals surface area contributed by atoms with Gasteiger partial charge in [-0.2, -0.15) is 10.5 Å². The summed E-state index contributed by atoms with van der Waals surface area (Å²) in [6, 6.07) is 28.7. The van der Waals surface area contributed by atoms with Crippen LogP contribution in [0, 0.1) is 36.5 Å². The Labute approximate surface area is 389 Å². The lowest BCUT2D eigenvalue weighted by Crippen LogP contribution is -2.46. The quantitative estimate of drug-likeness (QED) is 0.0650. The molecule has 1 atom stereocenters. The Morgan fingerprint density at radius 1 is 0.794 bits per heavy atom. The van der Waals surface area contributed by atoms with E-state index < -0.39 is 24.3 Å². The van der Waals surface area contributed by atoms with Crippen LogP contribution in [0.3, 0.4) is 0 Å². The van der Waals surface area contributed by atoms with Crippen LogP contribution in [-0.4, -0.2) is 80.2 Å². The molecule has 6 aromatic rings. The largest absolute Gasteiger partial charge is 0.586 e. The predicted molar refractivity (Wildman–Crippen MR) is 241 cm³/mol. The molecule has 0 aliphatic carbocycles. The highest BCUT2D eigenvalue weighted by molar-refractivity contribution is 6.17. The topological polar surface area (TPSA) is 217 Å². The van der Waals surface area contributed by atoms with Crippen molar-refractivity contribution in [3.8, 4) is 58.0 Å². The molecule has 1 aliphatic rings. The van der Waals surface area contributed by atoms with E-state index in [-0.39, 0.29) is 41.3 Å². The number of hydrogen-bond donors (Lipinski definition) is 1. The number of esters is 2. The normalized spacial score (nSPS) is 12.2. The molecule has 0 radical (unpaired) electrons. The van der Waals surface area contributed by atoms with Crippen LogP contribution in [0.4, 0.5) is 14.5 Å². The van der Waals surface area contributed by atoms with E-state index in [9.17, 15) is 28.4 Å². The summed E-state index contributed by atoms with van der Waals surface area (Å²) in [4.78, 5) is 48.6. The summed E-state index contributed by atoms with van der Waals surface area (Å²) in [7, 11) is 5.47. The summed E-state index contributed by atoms with van der Waals surface area (Å²) >= 11 is 0. The predicted octanol–water partition coefficient (Wildman–Crippen LogP) is 8.81. The van der Waals surface area contributed by atoms with Crippen LogP contribution in [0.5, 0.6) is 34.8 Å². The molecule has 68 heavy (non-hydrogen) atoms. The molecule has 4 aromatic carbocycles. The van der Waals surface area contributed by atoms with Crippen molar-refractivity contribution >= 4 is 29.1 Å². The first-order chi connectivity index (χ1) is 32.7. The van der Waals surface area contributed by atoms with Crippen molar-refractivity contribution in [2.45, 2.75) is 33.1 Å². The minimum absolute atomic E-state index is 0.0393. The molecule has 1 aliphatic heterocycles. The number of ether oxygens (including phenoxy) is 8. The molecule has 3 heterocycles. The van der Waals surface area contributed by atoms with E-state index in [0.29, 0.717) is 39.3 Å². The van der Waals surface area contributed by atoms with E-state index in [1.165, 1.54) is 64.3 Å². The number of fused-ring (bicyclic) bond motifs is 1. The van der Waals surface area contributed by atoms with Gasteiger partial charge in [0.2, 0.25) is 11.8 Å². The highest BCUT2D eigenvalue weighted by Gasteiger charge is 2.44. The Bertz CT molecular complexity index is 2850. The number of halogens is 2. The molecule has 1 amide bonds. The first kappa shape index (κ1) is 50.2. The second-order valence-electron chi connectivity index (χ2n) is 14.1. The Morgan fingerprint density at radius 2 is 1.43 bits per heavy atom. The lowest BCUT2D eigenvalue weighted by atomic mass is 10.0. The van der Waals surface area contributed by atoms with Crippen LogP contribution < -0.4 is 23.8 Å². The first-order valence-electron chi connectivity index (χ1n) is 20.2. The number of aromatic nitrogens is 3. The summed E-state index contributed by atoms with van der Waals surface area (Å²) in [6.45, 7) is 5.36. The van der Waals surface area contributed by atoms with Crippen molar-refractivity contribution in [3.63, 3.8) is 0 Å². The standard InChI is InChI=1S/C22H17N3O5.C15H21NO4.C12H6F2N2O2/c1-27-13-17(22(26)28-2)16-8-4-6-10-19(16)30-21-11-20(24-14-25-21)29-18-9-5-3-7-15(18)12-23;1-10-7-6-8-11(2)14(10)16(13(17)9-19-4)12(3)15(18)20-5;13-12(14)17-10-3-1-2-8(11(10)18-12)9-6-16-5-7(9)4-15/h3-11,13-14H,1-2H3;6-8,12H,9H2,1-5H3;1-3,5-6,16H/b17-13+;;. The molecule has 0 fully saturated rings. The van der Waals surface area contributed by atoms with Gasteiger partial charge in [-0.3, -0.25) is 9.69 Å². The van der Waals surface area contributed by atoms with E-state index in [1.807, 2.05) is 38.1 Å². The highest BCUT2D eigenvalue weighted by Crippen LogP contribution is 2.47. The number of methoxy groups -OCH3 is 4. The summed E-state index contributed by atoms with van der Waals surface area (Å²) in [5, 5.41) is 18.1. The van der Waals surface area contributed by atoms with Crippen LogP contribution in [0.1, 0.15) is 34.7 Å². The van der Waals surface area contributed by atoms with Gasteiger partial charge >= 0.3 is 18.2 Å². The third kappa shape index (κ3) is 12.3. The SMILES string of the molecule is CO/C=C(/C(=O)OC)c1ccccc1Oc1cc(Oc2ccccc2C#N)ncn1.COCC(=O)N(c1c(C)cccc1C)C(C)C(=O)OC.N#Cc1c[nH]cc1-c1cccc2c1OC(F)(F)O2. The van der Waals surface area contributed by atoms with E-state index in [1.54, 1.807) is 73.8 Å². The maximum absolute atomic E-state index is 13.0. The molecule has 0 spiro atoms. The fourth-order valence-electron chi connectivity index (χ4n) is 6.58. The van der Waals surface area contributed by atoms with E-state index in [2.05, 4.69) is 30.5 Å². The molecular weight excluding hydrogens is 887 g/mol. The van der Waals surface area contributed by atoms with Gasteiger partial charge in [-0.15, -0.1) is 8.78 Å². The number of amides is 1. The third-order valence-electron chi connectivity index (χ3n) is 9.60. The van der Waals surface area contributed by atoms with Gasteiger partial charge in [0.1, 0.15) is 48.2 Å². The Hall–Kier alpha value is -8.81. The number of anilines is 1. The summed E-state index contributed by atoms with van der Waals surface area (Å²) < 4.78 is 65.9. The van der Waals surface area contributed by atoms with Gasteiger partial charge in [-0.25, -0.2) is 19.6 Å². The van der Waals surface area contributed by atoms with Gasteiger partial charge in [-0.1, -0.05) is 60.7 Å². The summed E-state index contributed by atoms with van der Waals surface area (Å²) in [5.74, 6) is -0.313. The van der Waals surface area contributed by atoms with E-state index in [4.69, 9.17) is 33.7 Å². The molecule has 2 aromatic heterocycles. The van der Waals surface area contributed by atoms with Crippen LogP contribution >= 0.6 is 0 Å². The van der Waals surface area contributed by atoms with Crippen molar-refractivity contribution in [3.05, 3.63) is 144 Å². The van der Waals surface area contributed by atoms with Crippen molar-refractivity contribution in [1.29, 1.82) is 10.5 Å². The number of hydrogen-bond acceptors (Lipinski definition) is 15. The molecule has 0 saturated heterocycles. The van der Waals surface area contributed by atoms with Crippen molar-refractivity contribution in [1.82, 2.24) is 15.0 Å². The van der Waals surface area contributed by atoms with E-state index in [0.717, 1.165) is 16.8 Å². The minimum atomic E-state index is -3.67. The van der Waals surface area contributed by atoms with Gasteiger partial charge in [0, 0.05) is 36.2 Å². The van der Waals surface area contributed by atoms with Crippen molar-refractivity contribution < 1.29 is 61.1 Å². The number of nitrogens with one attached hydrogen (secondary N) is 1. The molecule has 0 bridgehead atoms. The monoisotopic (exact) mass is 930 g/mol. The van der Waals surface area contributed by atoms with Gasteiger partial charge in [0.05, 0.1) is 50.5 Å². The average Bonchev–Trinajstić information content (AvgIpc) is 3.95. The number of carbonyl (C=O) groups excluding carboxylic acids is 3. The van der Waals surface area contributed by atoms with Crippen molar-refractivity contribution in [2.75, 3.05) is 39.9 Å². The van der Waals surface area contributed by atoms with Crippen LogP contribution in [0.15, 0.2) is 116 Å². The Balaban J connectivity index is 0.000000199. The molecule has 7 rings (SSSR count). The number of para-hydroxylation sites is 4. The zero-order valence-corrected chi connectivity index (χ0v) is 37.7. The summed E-state index contributed by atoms with van der Waals surface area (Å²) in [5.41, 5.74) is 4.82. The number of benzene rings is 4. The Kier molecular flexibility index (Phi) is 17.3.